The highest BCUT2D eigenvalue weighted by Gasteiger charge is 2.83. The van der Waals surface area contributed by atoms with E-state index in [4.69, 9.17) is 0 Å². The Morgan fingerprint density at radius 3 is 1.16 bits per heavy atom. The van der Waals surface area contributed by atoms with Crippen LogP contribution in [0.4, 0.5) is 39.5 Å². The molecule has 0 heterocycles. The molecule has 0 fully saturated rings. The van der Waals surface area contributed by atoms with E-state index in [1.165, 1.54) is 62.6 Å². The Hall–Kier alpha value is -0.760. The van der Waals surface area contributed by atoms with Crippen LogP contribution < -0.4 is 0 Å². The van der Waals surface area contributed by atoms with Gasteiger partial charge in [0.25, 0.3) is 0 Å². The third-order valence-corrected chi connectivity index (χ3v) is 5.47. The largest absolute Gasteiger partial charge is 0.743 e. The van der Waals surface area contributed by atoms with Crippen molar-refractivity contribution < 1.29 is 57.0 Å². The average Bonchev–Trinajstić information content (AvgIpc) is 2.61. The molecule has 0 atom stereocenters. The van der Waals surface area contributed by atoms with Gasteiger partial charge in [0.2, 0.25) is 0 Å². The van der Waals surface area contributed by atoms with Gasteiger partial charge >= 0.3 is 23.3 Å². The molecule has 0 aliphatic carbocycles. The van der Waals surface area contributed by atoms with Gasteiger partial charge in [-0.15, -0.1) is 0 Å². The maximum atomic E-state index is 12.2. The Morgan fingerprint density at radius 1 is 0.677 bits per heavy atom. The van der Waals surface area contributed by atoms with Gasteiger partial charge in [-0.2, -0.15) is 39.5 Å². The van der Waals surface area contributed by atoms with Crippen molar-refractivity contribution in [1.82, 2.24) is 0 Å². The minimum Gasteiger partial charge on any atom is -0.743 e. The number of hydrogen-bond acceptors (Lipinski definition) is 3. The Kier molecular flexibility index (Phi) is 12.5. The lowest BCUT2D eigenvalue weighted by Gasteiger charge is -2.34. The molecule has 0 saturated carbocycles. The number of unbranched alkanes of at least 4 members (excludes halogenated alkanes) is 3. The lowest BCUT2D eigenvalue weighted by atomic mass is 10.1. The summed E-state index contributed by atoms with van der Waals surface area (Å²) in [5.41, 5.74) is 0. The van der Waals surface area contributed by atoms with Gasteiger partial charge in [-0.1, -0.05) is 40.0 Å². The van der Waals surface area contributed by atoms with Gasteiger partial charge in [0.1, 0.15) is 0 Å². The van der Waals surface area contributed by atoms with Crippen LogP contribution in [-0.4, -0.2) is 67.4 Å². The van der Waals surface area contributed by atoms with E-state index < -0.39 is 33.4 Å². The first-order valence-corrected chi connectivity index (χ1v) is 11.1. The maximum absolute atomic E-state index is 12.2. The SMILES string of the molecule is CCCC[N+](C)(CCCC)CCCC.O=S(=O)([O-])C(F)(F)C(F)(F)C(F)(F)C(F)(F)F. The van der Waals surface area contributed by atoms with Crippen LogP contribution in [0.2, 0.25) is 0 Å². The quantitative estimate of drug-likeness (QED) is 0.194. The molecule has 0 aliphatic rings. The standard InChI is InChI=1S/C13H30N.C4HF9O3S/c1-5-8-11-14(4,12-9-6-2)13-10-7-3;5-1(6,3(9,10)11)2(7,8)4(12,13)17(14,15)16/h5-13H2,1-4H3;(H,14,15,16)/q+1;/p-1. The van der Waals surface area contributed by atoms with E-state index in [-0.39, 0.29) is 0 Å². The van der Waals surface area contributed by atoms with Gasteiger partial charge in [0.15, 0.2) is 10.1 Å². The minimum atomic E-state index is -7.43. The monoisotopic (exact) mass is 499 g/mol. The lowest BCUT2D eigenvalue weighted by molar-refractivity contribution is -0.910. The Labute approximate surface area is 177 Å². The summed E-state index contributed by atoms with van der Waals surface area (Å²) in [6.45, 7) is 11.0. The molecule has 0 rings (SSSR count). The van der Waals surface area contributed by atoms with Gasteiger partial charge in [-0.05, 0) is 19.3 Å². The summed E-state index contributed by atoms with van der Waals surface area (Å²) in [6.07, 6.45) is 1.03. The van der Waals surface area contributed by atoms with Gasteiger partial charge in [0, 0.05) is 0 Å². The van der Waals surface area contributed by atoms with Gasteiger partial charge in [0.05, 0.1) is 26.7 Å². The van der Waals surface area contributed by atoms with Crippen molar-refractivity contribution in [2.24, 2.45) is 0 Å². The molecule has 31 heavy (non-hydrogen) atoms. The highest BCUT2D eigenvalue weighted by Crippen LogP contribution is 2.54. The van der Waals surface area contributed by atoms with Gasteiger partial charge in [-0.3, -0.25) is 0 Å². The fraction of sp³-hybridized carbons (Fsp3) is 1.00. The van der Waals surface area contributed by atoms with E-state index >= 15 is 0 Å². The van der Waals surface area contributed by atoms with Crippen molar-refractivity contribution in [2.75, 3.05) is 26.7 Å². The molecular weight excluding hydrogens is 469 g/mol. The molecule has 0 unspecified atom stereocenters. The highest BCUT2D eigenvalue weighted by molar-refractivity contribution is 7.86. The first-order chi connectivity index (χ1) is 13.7. The van der Waals surface area contributed by atoms with Crippen LogP contribution in [0, 0.1) is 0 Å². The third kappa shape index (κ3) is 8.60. The number of nitrogens with zero attached hydrogens (tertiary/aromatic N) is 1. The smallest absolute Gasteiger partial charge is 0.460 e. The molecule has 0 spiro atoms. The predicted molar refractivity (Wildman–Crippen MR) is 96.1 cm³/mol. The fourth-order valence-electron chi connectivity index (χ4n) is 2.47. The molecule has 0 aromatic carbocycles. The second-order valence-electron chi connectivity index (χ2n) is 7.47. The second kappa shape index (κ2) is 11.9. The van der Waals surface area contributed by atoms with E-state index in [1.54, 1.807) is 0 Å². The molecule has 14 heteroatoms. The average molecular weight is 499 g/mol. The molecule has 0 aliphatic heterocycles. The maximum Gasteiger partial charge on any atom is 0.460 e. The number of rotatable bonds is 12. The molecular formula is C17H30F9NO3S. The second-order valence-corrected chi connectivity index (χ2v) is 8.89. The summed E-state index contributed by atoms with van der Waals surface area (Å²) in [7, 11) is -4.97. The molecule has 0 aromatic heterocycles. The highest BCUT2D eigenvalue weighted by atomic mass is 32.2. The number of halogens is 9. The summed E-state index contributed by atoms with van der Waals surface area (Å²) >= 11 is 0. The molecule has 0 radical (unpaired) electrons. The number of hydrogen-bond donors (Lipinski definition) is 0. The minimum absolute atomic E-state index is 1.32. The topological polar surface area (TPSA) is 57.2 Å². The van der Waals surface area contributed by atoms with E-state index in [1.807, 2.05) is 0 Å². The predicted octanol–water partition coefficient (Wildman–Crippen LogP) is 5.79. The summed E-state index contributed by atoms with van der Waals surface area (Å²) in [4.78, 5) is 0. The number of alkyl halides is 9. The zero-order valence-electron chi connectivity index (χ0n) is 17.8. The Morgan fingerprint density at radius 2 is 0.968 bits per heavy atom. The first kappa shape index (κ1) is 32.4. The normalized spacial score (nSPS) is 14.3. The van der Waals surface area contributed by atoms with Crippen LogP contribution in [0.15, 0.2) is 0 Å². The fourth-order valence-corrected chi connectivity index (χ4v) is 2.91. The zero-order chi connectivity index (χ0) is 25.4. The van der Waals surface area contributed by atoms with Crippen LogP contribution in [0.1, 0.15) is 59.3 Å². The molecule has 0 aromatic rings. The van der Waals surface area contributed by atoms with Crippen molar-refractivity contribution in [3.05, 3.63) is 0 Å². The van der Waals surface area contributed by atoms with Crippen molar-refractivity contribution in [2.45, 2.75) is 82.6 Å². The van der Waals surface area contributed by atoms with Crippen LogP contribution in [0.5, 0.6) is 0 Å². The van der Waals surface area contributed by atoms with E-state index in [0.717, 1.165) is 0 Å². The van der Waals surface area contributed by atoms with Crippen LogP contribution in [-0.2, 0) is 10.1 Å². The first-order valence-electron chi connectivity index (χ1n) is 9.67. The zero-order valence-corrected chi connectivity index (χ0v) is 18.7. The van der Waals surface area contributed by atoms with E-state index in [9.17, 15) is 52.5 Å². The molecule has 0 amide bonds. The summed E-state index contributed by atoms with van der Waals surface area (Å²) < 4.78 is 137. The number of quaternary nitrogens is 1. The molecule has 0 bridgehead atoms. The van der Waals surface area contributed by atoms with Crippen molar-refractivity contribution >= 4 is 10.1 Å². The van der Waals surface area contributed by atoms with Gasteiger partial charge < -0.3 is 9.04 Å². The molecule has 4 nitrogen and oxygen atoms in total. The van der Waals surface area contributed by atoms with E-state index in [2.05, 4.69) is 27.8 Å². The van der Waals surface area contributed by atoms with Crippen molar-refractivity contribution in [3.63, 3.8) is 0 Å². The molecule has 0 N–H and O–H groups in total. The summed E-state index contributed by atoms with van der Waals surface area (Å²) in [5.74, 6) is -14.8. The van der Waals surface area contributed by atoms with Gasteiger partial charge in [-0.25, -0.2) is 8.42 Å². The van der Waals surface area contributed by atoms with Crippen LogP contribution in [0.25, 0.3) is 0 Å². The summed E-state index contributed by atoms with van der Waals surface area (Å²) in [6, 6.07) is 0. The Balaban J connectivity index is 0. The van der Waals surface area contributed by atoms with E-state index in [0.29, 0.717) is 0 Å². The van der Waals surface area contributed by atoms with Crippen LogP contribution in [0.3, 0.4) is 0 Å². The Bertz CT molecular complexity index is 601. The van der Waals surface area contributed by atoms with Crippen molar-refractivity contribution in [3.8, 4) is 0 Å². The summed E-state index contributed by atoms with van der Waals surface area (Å²) in [5, 5.41) is -7.11. The molecule has 0 saturated heterocycles. The van der Waals surface area contributed by atoms with Crippen molar-refractivity contribution in [1.29, 1.82) is 0 Å². The lowest BCUT2D eigenvalue weighted by Crippen LogP contribution is -2.63. The molecule has 190 valence electrons. The van der Waals surface area contributed by atoms with Crippen LogP contribution >= 0.6 is 0 Å². The third-order valence-electron chi connectivity index (χ3n) is 4.58.